The number of nitrogens with zero attached hydrogens (tertiary/aromatic N) is 2. The Labute approximate surface area is 178 Å². The highest BCUT2D eigenvalue weighted by Gasteiger charge is 2.33. The minimum atomic E-state index is -0.354. The highest BCUT2D eigenvalue weighted by atomic mass is 14.4. The van der Waals surface area contributed by atoms with E-state index in [1.807, 2.05) is 26.0 Å². The van der Waals surface area contributed by atoms with E-state index >= 15 is 0 Å². The van der Waals surface area contributed by atoms with Crippen LogP contribution < -0.4 is 0 Å². The van der Waals surface area contributed by atoms with Gasteiger partial charge in [0.05, 0.1) is 24.0 Å². The summed E-state index contributed by atoms with van der Waals surface area (Å²) in [5, 5.41) is 20.0. The van der Waals surface area contributed by atoms with E-state index in [1.54, 1.807) is 0 Å². The zero-order valence-electron chi connectivity index (χ0n) is 17.8. The van der Waals surface area contributed by atoms with E-state index in [-0.39, 0.29) is 11.8 Å². The SMILES string of the molecule is Cc1ccc(C=Cc2ccc3c(c2)C(C#N)c2cc(C)cc(C)c2C3C#N)c(C)c1. The molecule has 3 aromatic carbocycles. The van der Waals surface area contributed by atoms with Gasteiger partial charge in [0.1, 0.15) is 0 Å². The van der Waals surface area contributed by atoms with Crippen molar-refractivity contribution < 1.29 is 0 Å². The molecule has 0 amide bonds. The first-order chi connectivity index (χ1) is 14.4. The molecule has 1 aliphatic carbocycles. The minimum absolute atomic E-state index is 0.336. The van der Waals surface area contributed by atoms with E-state index in [0.29, 0.717) is 0 Å². The van der Waals surface area contributed by atoms with Gasteiger partial charge >= 0.3 is 0 Å². The van der Waals surface area contributed by atoms with Crippen LogP contribution >= 0.6 is 0 Å². The van der Waals surface area contributed by atoms with Gasteiger partial charge in [-0.3, -0.25) is 0 Å². The van der Waals surface area contributed by atoms with E-state index < -0.39 is 0 Å². The molecule has 0 bridgehead atoms. The number of benzene rings is 3. The van der Waals surface area contributed by atoms with Crippen molar-refractivity contribution in [2.45, 2.75) is 39.5 Å². The van der Waals surface area contributed by atoms with E-state index in [1.165, 1.54) is 16.7 Å². The van der Waals surface area contributed by atoms with Gasteiger partial charge in [-0.1, -0.05) is 65.7 Å². The number of hydrogen-bond donors (Lipinski definition) is 0. The average Bonchev–Trinajstić information content (AvgIpc) is 2.71. The van der Waals surface area contributed by atoms with Gasteiger partial charge < -0.3 is 0 Å². The summed E-state index contributed by atoms with van der Waals surface area (Å²) >= 11 is 0. The standard InChI is InChI=1S/C28H24N2/c1-17-5-8-22(19(3)11-17)9-6-21-7-10-23-24(14-21)26(15-29)25-13-18(2)12-20(4)28(25)27(23)16-30/h5-14,26-27H,1-4H3. The highest BCUT2D eigenvalue weighted by Crippen LogP contribution is 2.45. The molecule has 2 nitrogen and oxygen atoms in total. The van der Waals surface area contributed by atoms with Gasteiger partial charge in [-0.25, -0.2) is 0 Å². The first-order valence-electron chi connectivity index (χ1n) is 10.2. The normalized spacial score (nSPS) is 17.1. The fourth-order valence-corrected chi connectivity index (χ4v) is 4.65. The molecule has 0 saturated heterocycles. The minimum Gasteiger partial charge on any atom is -0.197 e. The van der Waals surface area contributed by atoms with Crippen LogP contribution in [-0.2, 0) is 0 Å². The van der Waals surface area contributed by atoms with E-state index in [9.17, 15) is 10.5 Å². The summed E-state index contributed by atoms with van der Waals surface area (Å²) in [4.78, 5) is 0. The van der Waals surface area contributed by atoms with Crippen molar-refractivity contribution in [2.75, 3.05) is 0 Å². The lowest BCUT2D eigenvalue weighted by Crippen LogP contribution is -2.18. The van der Waals surface area contributed by atoms with Crippen molar-refractivity contribution in [3.8, 4) is 12.1 Å². The third-order valence-electron chi connectivity index (χ3n) is 6.03. The fourth-order valence-electron chi connectivity index (χ4n) is 4.65. The van der Waals surface area contributed by atoms with Gasteiger partial charge in [0, 0.05) is 0 Å². The van der Waals surface area contributed by atoms with E-state index in [2.05, 4.69) is 74.5 Å². The summed E-state index contributed by atoms with van der Waals surface area (Å²) in [6.45, 7) is 8.29. The number of fused-ring (bicyclic) bond motifs is 2. The van der Waals surface area contributed by atoms with Gasteiger partial charge in [-0.05, 0) is 78.3 Å². The van der Waals surface area contributed by atoms with Crippen LogP contribution in [0.4, 0.5) is 0 Å². The van der Waals surface area contributed by atoms with Crippen LogP contribution in [0.5, 0.6) is 0 Å². The third-order valence-corrected chi connectivity index (χ3v) is 6.03. The molecular formula is C28H24N2. The van der Waals surface area contributed by atoms with Crippen molar-refractivity contribution in [3.63, 3.8) is 0 Å². The van der Waals surface area contributed by atoms with Gasteiger partial charge in [-0.15, -0.1) is 0 Å². The first kappa shape index (κ1) is 19.7. The molecule has 30 heavy (non-hydrogen) atoms. The van der Waals surface area contributed by atoms with Gasteiger partial charge in [0.25, 0.3) is 0 Å². The second-order valence-corrected chi connectivity index (χ2v) is 8.29. The predicted molar refractivity (Wildman–Crippen MR) is 122 cm³/mol. The maximum atomic E-state index is 10.0. The van der Waals surface area contributed by atoms with Crippen molar-refractivity contribution >= 4 is 12.2 Å². The molecule has 0 spiro atoms. The second kappa shape index (κ2) is 7.66. The summed E-state index contributed by atoms with van der Waals surface area (Å²) in [5.41, 5.74) is 10.8. The van der Waals surface area contributed by atoms with E-state index in [0.717, 1.165) is 38.9 Å². The second-order valence-electron chi connectivity index (χ2n) is 8.29. The number of hydrogen-bond acceptors (Lipinski definition) is 2. The van der Waals surface area contributed by atoms with Crippen LogP contribution in [0.2, 0.25) is 0 Å². The van der Waals surface area contributed by atoms with Crippen LogP contribution in [0.1, 0.15) is 67.5 Å². The quantitative estimate of drug-likeness (QED) is 0.458. The molecule has 0 aromatic heterocycles. The lowest BCUT2D eigenvalue weighted by Gasteiger charge is -2.30. The zero-order valence-corrected chi connectivity index (χ0v) is 17.8. The van der Waals surface area contributed by atoms with Gasteiger partial charge in [-0.2, -0.15) is 10.5 Å². The largest absolute Gasteiger partial charge is 0.197 e. The summed E-state index contributed by atoms with van der Waals surface area (Å²) in [6, 6.07) is 21.7. The molecule has 0 aliphatic heterocycles. The molecule has 0 saturated carbocycles. The Morgan fingerprint density at radius 2 is 1.40 bits per heavy atom. The topological polar surface area (TPSA) is 47.6 Å². The maximum absolute atomic E-state index is 10.0. The van der Waals surface area contributed by atoms with Crippen molar-refractivity contribution in [1.29, 1.82) is 10.5 Å². The molecule has 2 atom stereocenters. The Balaban J connectivity index is 1.81. The summed E-state index contributed by atoms with van der Waals surface area (Å²) in [7, 11) is 0. The summed E-state index contributed by atoms with van der Waals surface area (Å²) in [5.74, 6) is -0.690. The third kappa shape index (κ3) is 3.32. The van der Waals surface area contributed by atoms with Gasteiger partial charge in [0.15, 0.2) is 0 Å². The first-order valence-corrected chi connectivity index (χ1v) is 10.2. The molecule has 0 radical (unpaired) electrons. The zero-order chi connectivity index (χ0) is 21.4. The number of aryl methyl sites for hydroxylation is 4. The van der Waals surface area contributed by atoms with Crippen LogP contribution in [0, 0.1) is 50.4 Å². The molecule has 0 heterocycles. The van der Waals surface area contributed by atoms with Gasteiger partial charge in [0.2, 0.25) is 0 Å². The number of nitriles is 2. The maximum Gasteiger partial charge on any atom is 0.0971 e. The fraction of sp³-hybridized carbons (Fsp3) is 0.214. The molecule has 0 fully saturated rings. The molecule has 2 unspecified atom stereocenters. The van der Waals surface area contributed by atoms with Crippen LogP contribution in [0.25, 0.3) is 12.2 Å². The Kier molecular flexibility index (Phi) is 5.03. The molecule has 1 aliphatic rings. The Bertz CT molecular complexity index is 1270. The van der Waals surface area contributed by atoms with Crippen molar-refractivity contribution in [1.82, 2.24) is 0 Å². The molecule has 146 valence electrons. The van der Waals surface area contributed by atoms with E-state index in [4.69, 9.17) is 0 Å². The molecule has 0 N–H and O–H groups in total. The molecule has 4 rings (SSSR count). The lowest BCUT2D eigenvalue weighted by atomic mass is 9.71. The Morgan fingerprint density at radius 1 is 0.667 bits per heavy atom. The van der Waals surface area contributed by atoms with Crippen LogP contribution in [0.15, 0.2) is 48.5 Å². The molecular weight excluding hydrogens is 364 g/mol. The highest BCUT2D eigenvalue weighted by molar-refractivity contribution is 5.73. The Morgan fingerprint density at radius 3 is 2.10 bits per heavy atom. The molecule has 3 aromatic rings. The summed E-state index contributed by atoms with van der Waals surface area (Å²) in [6.07, 6.45) is 4.20. The smallest absolute Gasteiger partial charge is 0.0971 e. The summed E-state index contributed by atoms with van der Waals surface area (Å²) < 4.78 is 0. The molecule has 2 heteroatoms. The monoisotopic (exact) mass is 388 g/mol. The Hall–Kier alpha value is -3.62. The average molecular weight is 389 g/mol. The van der Waals surface area contributed by atoms with Crippen molar-refractivity contribution in [2.24, 2.45) is 0 Å². The van der Waals surface area contributed by atoms with Crippen molar-refractivity contribution in [3.05, 3.63) is 104 Å². The lowest BCUT2D eigenvalue weighted by molar-refractivity contribution is 0.859. The number of rotatable bonds is 2. The predicted octanol–water partition coefficient (Wildman–Crippen LogP) is 6.72. The van der Waals surface area contributed by atoms with Crippen LogP contribution in [0.3, 0.4) is 0 Å². The van der Waals surface area contributed by atoms with Crippen LogP contribution in [-0.4, -0.2) is 0 Å².